The van der Waals surface area contributed by atoms with Gasteiger partial charge in [-0.3, -0.25) is 4.98 Å². The number of hydrogen-bond donors (Lipinski definition) is 3. The molecule has 2 amide bonds. The summed E-state index contributed by atoms with van der Waals surface area (Å²) in [4.78, 5) is 33.9. The zero-order chi connectivity index (χ0) is 19.3. The number of pyridine rings is 2. The third-order valence-electron chi connectivity index (χ3n) is 4.56. The van der Waals surface area contributed by atoms with E-state index in [0.717, 1.165) is 11.1 Å². The molecule has 0 saturated carbocycles. The SMILES string of the molecule is O=C1Nc2ccnc3c2c(c(-c2ccc(-c4ccccc4)cn2)[s+]3C(=O)O)N1. The van der Waals surface area contributed by atoms with Crippen LogP contribution in [0.4, 0.5) is 21.0 Å². The second kappa shape index (κ2) is 6.14. The van der Waals surface area contributed by atoms with Gasteiger partial charge in [0.15, 0.2) is 0 Å². The predicted octanol–water partition coefficient (Wildman–Crippen LogP) is 5.20. The second-order valence-corrected chi connectivity index (χ2v) is 7.95. The van der Waals surface area contributed by atoms with Gasteiger partial charge in [0.05, 0.1) is 5.69 Å². The van der Waals surface area contributed by atoms with Crippen LogP contribution in [0.5, 0.6) is 0 Å². The predicted molar refractivity (Wildman–Crippen MR) is 109 cm³/mol. The van der Waals surface area contributed by atoms with Crippen LogP contribution in [-0.2, 0) is 0 Å². The van der Waals surface area contributed by atoms with Crippen LogP contribution in [-0.4, -0.2) is 26.4 Å². The Balaban J connectivity index is 1.74. The van der Waals surface area contributed by atoms with Gasteiger partial charge in [-0.1, -0.05) is 36.4 Å². The van der Waals surface area contributed by atoms with Crippen LogP contribution in [0, 0.1) is 0 Å². The van der Waals surface area contributed by atoms with Gasteiger partial charge in [0.25, 0.3) is 4.83 Å². The molecule has 5 rings (SSSR count). The van der Waals surface area contributed by atoms with Crippen molar-refractivity contribution in [1.82, 2.24) is 9.97 Å². The van der Waals surface area contributed by atoms with Crippen molar-refractivity contribution < 1.29 is 14.7 Å². The molecule has 4 heterocycles. The lowest BCUT2D eigenvalue weighted by molar-refractivity contribution is 0.221. The van der Waals surface area contributed by atoms with Gasteiger partial charge in [-0.05, 0) is 17.7 Å². The van der Waals surface area contributed by atoms with Gasteiger partial charge < -0.3 is 15.7 Å². The molecule has 0 radical (unpaired) electrons. The Bertz CT molecular complexity index is 1250. The number of thiophene rings is 1. The highest BCUT2D eigenvalue weighted by molar-refractivity contribution is 7.57. The van der Waals surface area contributed by atoms with Gasteiger partial charge in [0.1, 0.15) is 27.2 Å². The summed E-state index contributed by atoms with van der Waals surface area (Å²) in [5.41, 5.74) is 3.47. The van der Waals surface area contributed by atoms with E-state index in [4.69, 9.17) is 0 Å². The molecule has 136 valence electrons. The molecule has 0 spiro atoms. The first-order valence-electron chi connectivity index (χ1n) is 8.44. The van der Waals surface area contributed by atoms with Gasteiger partial charge >= 0.3 is 11.3 Å². The number of amides is 2. The van der Waals surface area contributed by atoms with Crippen molar-refractivity contribution in [3.05, 3.63) is 60.9 Å². The molecule has 0 aliphatic carbocycles. The number of nitrogens with one attached hydrogen (secondary N) is 2. The Kier molecular flexibility index (Phi) is 3.59. The lowest BCUT2D eigenvalue weighted by Crippen LogP contribution is -2.23. The molecule has 7 nitrogen and oxygen atoms in total. The number of carboxylic acid groups (broad SMARTS) is 1. The van der Waals surface area contributed by atoms with Gasteiger partial charge in [-0.15, -0.1) is 0 Å². The van der Waals surface area contributed by atoms with Crippen molar-refractivity contribution in [2.75, 3.05) is 10.6 Å². The van der Waals surface area contributed by atoms with Gasteiger partial charge in [-0.2, -0.15) is 4.79 Å². The van der Waals surface area contributed by atoms with E-state index < -0.39 is 21.8 Å². The third-order valence-corrected chi connectivity index (χ3v) is 6.42. The van der Waals surface area contributed by atoms with Crippen molar-refractivity contribution in [3.8, 4) is 21.7 Å². The molecule has 1 unspecified atom stereocenters. The summed E-state index contributed by atoms with van der Waals surface area (Å²) in [6.45, 7) is 0. The van der Waals surface area contributed by atoms with E-state index in [2.05, 4.69) is 20.6 Å². The first-order valence-corrected chi connectivity index (χ1v) is 9.66. The Hall–Kier alpha value is -3.78. The lowest BCUT2D eigenvalue weighted by atomic mass is 10.1. The third kappa shape index (κ3) is 2.43. The highest BCUT2D eigenvalue weighted by Crippen LogP contribution is 2.52. The summed E-state index contributed by atoms with van der Waals surface area (Å²) in [5, 5.41) is 14.9. The number of hydrogen-bond acceptors (Lipinski definition) is 4. The Labute approximate surface area is 161 Å². The number of urea groups is 1. The van der Waals surface area contributed by atoms with E-state index in [9.17, 15) is 14.7 Å². The maximum absolute atomic E-state index is 12.1. The normalized spacial score (nSPS) is 13.1. The number of rotatable bonds is 3. The number of carbonyl (C=O) groups is 2. The van der Waals surface area contributed by atoms with Crippen LogP contribution in [0.1, 0.15) is 0 Å². The van der Waals surface area contributed by atoms with Gasteiger partial charge in [0.2, 0.25) is 4.88 Å². The zero-order valence-corrected chi connectivity index (χ0v) is 15.2. The highest BCUT2D eigenvalue weighted by atomic mass is 32.2. The average Bonchev–Trinajstić information content (AvgIpc) is 3.04. The van der Waals surface area contributed by atoms with Crippen LogP contribution in [0.25, 0.3) is 31.9 Å². The fourth-order valence-corrected chi connectivity index (χ4v) is 5.18. The fourth-order valence-electron chi connectivity index (χ4n) is 3.37. The molecule has 1 aliphatic heterocycles. The first-order chi connectivity index (χ1) is 13.6. The van der Waals surface area contributed by atoms with Crippen molar-refractivity contribution in [3.63, 3.8) is 0 Å². The van der Waals surface area contributed by atoms with Crippen molar-refractivity contribution in [1.29, 1.82) is 0 Å². The minimum Gasteiger partial charge on any atom is -0.437 e. The second-order valence-electron chi connectivity index (χ2n) is 6.19. The molecular formula is C20H13N4O3S+. The monoisotopic (exact) mass is 389 g/mol. The van der Waals surface area contributed by atoms with E-state index in [1.807, 2.05) is 36.4 Å². The molecule has 0 fully saturated rings. The van der Waals surface area contributed by atoms with Gasteiger partial charge in [-0.25, -0.2) is 9.78 Å². The largest absolute Gasteiger partial charge is 0.554 e. The van der Waals surface area contributed by atoms with Crippen LogP contribution in [0.15, 0.2) is 60.9 Å². The molecule has 0 bridgehead atoms. The van der Waals surface area contributed by atoms with Gasteiger partial charge in [0, 0.05) is 18.0 Å². The minimum absolute atomic E-state index is 0.408. The molecule has 1 aliphatic rings. The number of carbonyl (C=O) groups excluding carboxylic acids is 1. The Morgan fingerprint density at radius 1 is 0.964 bits per heavy atom. The van der Waals surface area contributed by atoms with Crippen molar-refractivity contribution >= 4 is 43.4 Å². The summed E-state index contributed by atoms with van der Waals surface area (Å²) < 4.78 is 0. The van der Waals surface area contributed by atoms with Crippen molar-refractivity contribution in [2.24, 2.45) is 0 Å². The smallest absolute Gasteiger partial charge is 0.437 e. The molecule has 4 aromatic rings. The van der Waals surface area contributed by atoms with E-state index in [0.29, 0.717) is 32.2 Å². The fraction of sp³-hybridized carbons (Fsp3) is 0. The van der Waals surface area contributed by atoms with E-state index in [1.165, 1.54) is 6.20 Å². The standard InChI is InChI=1S/C20H12N4O3S/c25-19-23-13-8-9-21-18-15(13)16(24-19)17(28(18)20(26)27)14-7-6-12(10-22-14)11-4-2-1-3-5-11/h1-10H,(H2-,21,22,23,24,25,26,27)/p+1. The molecule has 0 saturated heterocycles. The minimum atomic E-state index is -1.34. The van der Waals surface area contributed by atoms with E-state index in [1.54, 1.807) is 18.3 Å². The maximum Gasteiger partial charge on any atom is 0.554 e. The van der Waals surface area contributed by atoms with E-state index in [-0.39, 0.29) is 0 Å². The lowest BCUT2D eigenvalue weighted by Gasteiger charge is -2.13. The Morgan fingerprint density at radius 2 is 1.79 bits per heavy atom. The highest BCUT2D eigenvalue weighted by Gasteiger charge is 2.40. The summed E-state index contributed by atoms with van der Waals surface area (Å²) in [7, 11) is -1.34. The molecule has 1 aromatic carbocycles. The number of aromatic nitrogens is 2. The number of anilines is 2. The molecule has 1 atom stereocenters. The van der Waals surface area contributed by atoms with Crippen LogP contribution < -0.4 is 10.6 Å². The molecule has 3 aromatic heterocycles. The first kappa shape index (κ1) is 16.4. The summed E-state index contributed by atoms with van der Waals surface area (Å²) >= 11 is 0. The number of benzene rings is 1. The molecule has 28 heavy (non-hydrogen) atoms. The molecule has 3 N–H and O–H groups in total. The molecule has 8 heteroatoms. The van der Waals surface area contributed by atoms with E-state index >= 15 is 0 Å². The summed E-state index contributed by atoms with van der Waals surface area (Å²) in [5.74, 6) is 0. The topological polar surface area (TPSA) is 104 Å². The maximum atomic E-state index is 12.1. The van der Waals surface area contributed by atoms with Crippen LogP contribution in [0.3, 0.4) is 0 Å². The quantitative estimate of drug-likeness (QED) is 0.418. The molecular weight excluding hydrogens is 376 g/mol. The Morgan fingerprint density at radius 3 is 2.50 bits per heavy atom. The van der Waals surface area contributed by atoms with Crippen LogP contribution in [0.2, 0.25) is 0 Å². The van der Waals surface area contributed by atoms with Crippen LogP contribution >= 0.6 is 10.5 Å². The summed E-state index contributed by atoms with van der Waals surface area (Å²) in [6, 6.07) is 14.7. The average molecular weight is 389 g/mol. The number of nitrogens with zero attached hydrogens (tertiary/aromatic N) is 2. The zero-order valence-electron chi connectivity index (χ0n) is 14.3. The van der Waals surface area contributed by atoms with Crippen molar-refractivity contribution in [2.45, 2.75) is 0 Å². The summed E-state index contributed by atoms with van der Waals surface area (Å²) in [6.07, 6.45) is 3.22.